The fraction of sp³-hybridized carbons (Fsp3) is 0.0476. The number of nitro groups is 2. The molecule has 0 aromatic heterocycles. The summed E-state index contributed by atoms with van der Waals surface area (Å²) >= 11 is 0. The molecule has 0 saturated carbocycles. The van der Waals surface area contributed by atoms with Crippen molar-refractivity contribution >= 4 is 34.6 Å². The van der Waals surface area contributed by atoms with E-state index in [1.807, 2.05) is 30.3 Å². The van der Waals surface area contributed by atoms with Crippen molar-refractivity contribution in [2.75, 3.05) is 10.6 Å². The summed E-state index contributed by atoms with van der Waals surface area (Å²) in [5, 5.41) is 27.3. The van der Waals surface area contributed by atoms with Crippen LogP contribution in [0.1, 0.15) is 15.9 Å². The lowest BCUT2D eigenvalue weighted by molar-refractivity contribution is -0.394. The Balaban J connectivity index is 1.73. The van der Waals surface area contributed by atoms with Gasteiger partial charge in [0.25, 0.3) is 17.3 Å². The minimum absolute atomic E-state index is 0.173. The van der Waals surface area contributed by atoms with E-state index in [2.05, 4.69) is 10.6 Å². The molecule has 10 nitrogen and oxygen atoms in total. The first-order valence-electron chi connectivity index (χ1n) is 9.01. The molecule has 0 atom stereocenters. The monoisotopic (exact) mass is 420 g/mol. The summed E-state index contributed by atoms with van der Waals surface area (Å²) in [5.74, 6) is -1.06. The Kier molecular flexibility index (Phi) is 6.31. The van der Waals surface area contributed by atoms with Gasteiger partial charge in [-0.2, -0.15) is 0 Å². The number of nitrogens with one attached hydrogen (secondary N) is 2. The van der Waals surface area contributed by atoms with Crippen LogP contribution < -0.4 is 10.6 Å². The van der Waals surface area contributed by atoms with Gasteiger partial charge in [-0.15, -0.1) is 0 Å². The molecular weight excluding hydrogens is 404 g/mol. The van der Waals surface area contributed by atoms with Crippen LogP contribution in [0.4, 0.5) is 22.7 Å². The summed E-state index contributed by atoms with van der Waals surface area (Å²) in [6.45, 7) is 0. The van der Waals surface area contributed by atoms with Gasteiger partial charge in [0.1, 0.15) is 5.56 Å². The number of non-ortho nitro benzene ring substituents is 1. The van der Waals surface area contributed by atoms with Crippen LogP contribution in [0.25, 0.3) is 0 Å². The summed E-state index contributed by atoms with van der Waals surface area (Å²) in [6.07, 6.45) is 0.173. The van der Waals surface area contributed by atoms with E-state index in [9.17, 15) is 29.8 Å². The third-order valence-corrected chi connectivity index (χ3v) is 4.25. The SMILES string of the molecule is O=C(Cc1ccccc1)Nc1cccc(NC(=O)c2ccc([N+](=O)[O-])cc2[N+](=O)[O-])c1. The van der Waals surface area contributed by atoms with Gasteiger partial charge in [0, 0.05) is 17.4 Å². The third-order valence-electron chi connectivity index (χ3n) is 4.25. The highest BCUT2D eigenvalue weighted by Crippen LogP contribution is 2.26. The molecule has 10 heteroatoms. The number of amides is 2. The van der Waals surface area contributed by atoms with E-state index in [0.717, 1.165) is 23.8 Å². The Morgan fingerprint density at radius 2 is 1.45 bits per heavy atom. The molecule has 0 spiro atoms. The average Bonchev–Trinajstić information content (AvgIpc) is 2.74. The standard InChI is InChI=1S/C21H16N4O6/c26-20(11-14-5-2-1-3-6-14)22-15-7-4-8-16(12-15)23-21(27)18-10-9-17(24(28)29)13-19(18)25(30)31/h1-10,12-13H,11H2,(H,22,26)(H,23,27). The number of hydrogen-bond acceptors (Lipinski definition) is 6. The van der Waals surface area contributed by atoms with E-state index in [4.69, 9.17) is 0 Å². The molecule has 0 fully saturated rings. The molecule has 3 rings (SSSR count). The normalized spacial score (nSPS) is 10.2. The summed E-state index contributed by atoms with van der Waals surface area (Å²) in [7, 11) is 0. The van der Waals surface area contributed by atoms with Gasteiger partial charge >= 0.3 is 0 Å². The number of nitrogens with zero attached hydrogens (tertiary/aromatic N) is 2. The van der Waals surface area contributed by atoms with E-state index in [0.29, 0.717) is 5.69 Å². The highest BCUT2D eigenvalue weighted by molar-refractivity contribution is 6.07. The second-order valence-electron chi connectivity index (χ2n) is 6.46. The fourth-order valence-electron chi connectivity index (χ4n) is 2.84. The Labute approximate surface area is 175 Å². The van der Waals surface area contributed by atoms with Crippen molar-refractivity contribution < 1.29 is 19.4 Å². The van der Waals surface area contributed by atoms with Crippen LogP contribution in [0.2, 0.25) is 0 Å². The Morgan fingerprint density at radius 1 is 0.774 bits per heavy atom. The van der Waals surface area contributed by atoms with Crippen LogP contribution in [0.15, 0.2) is 72.8 Å². The first-order valence-corrected chi connectivity index (χ1v) is 9.01. The molecule has 0 saturated heterocycles. The molecular formula is C21H16N4O6. The highest BCUT2D eigenvalue weighted by atomic mass is 16.6. The third kappa shape index (κ3) is 5.48. The van der Waals surface area contributed by atoms with Crippen LogP contribution in [0.5, 0.6) is 0 Å². The molecule has 0 radical (unpaired) electrons. The summed E-state index contributed by atoms with van der Waals surface area (Å²) < 4.78 is 0. The highest BCUT2D eigenvalue weighted by Gasteiger charge is 2.24. The Bertz CT molecular complexity index is 1160. The lowest BCUT2D eigenvalue weighted by atomic mass is 10.1. The lowest BCUT2D eigenvalue weighted by Gasteiger charge is -2.09. The molecule has 0 bridgehead atoms. The maximum Gasteiger partial charge on any atom is 0.289 e. The molecule has 0 heterocycles. The van der Waals surface area contributed by atoms with E-state index >= 15 is 0 Å². The molecule has 0 unspecified atom stereocenters. The number of nitro benzene ring substituents is 2. The lowest BCUT2D eigenvalue weighted by Crippen LogP contribution is -2.16. The maximum absolute atomic E-state index is 12.5. The predicted molar refractivity (Wildman–Crippen MR) is 113 cm³/mol. The Hall–Kier alpha value is -4.60. The second-order valence-corrected chi connectivity index (χ2v) is 6.46. The van der Waals surface area contributed by atoms with Crippen molar-refractivity contribution in [3.63, 3.8) is 0 Å². The average molecular weight is 420 g/mol. The molecule has 156 valence electrons. The van der Waals surface area contributed by atoms with E-state index in [-0.39, 0.29) is 23.6 Å². The van der Waals surface area contributed by atoms with Crippen molar-refractivity contribution in [1.29, 1.82) is 0 Å². The number of hydrogen-bond donors (Lipinski definition) is 2. The molecule has 2 amide bonds. The first-order chi connectivity index (χ1) is 14.8. The molecule has 0 aliphatic rings. The second kappa shape index (κ2) is 9.27. The number of benzene rings is 3. The van der Waals surface area contributed by atoms with Gasteiger partial charge in [-0.1, -0.05) is 36.4 Å². The van der Waals surface area contributed by atoms with Crippen molar-refractivity contribution in [3.8, 4) is 0 Å². The Morgan fingerprint density at radius 3 is 2.10 bits per heavy atom. The van der Waals surface area contributed by atoms with E-state index < -0.39 is 27.1 Å². The van der Waals surface area contributed by atoms with Gasteiger partial charge in [-0.25, -0.2) is 0 Å². The quantitative estimate of drug-likeness (QED) is 0.437. The smallest absolute Gasteiger partial charge is 0.289 e. The number of carbonyl (C=O) groups is 2. The van der Waals surface area contributed by atoms with Gasteiger partial charge < -0.3 is 10.6 Å². The van der Waals surface area contributed by atoms with Crippen molar-refractivity contribution in [1.82, 2.24) is 0 Å². The van der Waals surface area contributed by atoms with Crippen molar-refractivity contribution in [3.05, 3.63) is 104 Å². The zero-order valence-electron chi connectivity index (χ0n) is 16.0. The largest absolute Gasteiger partial charge is 0.326 e. The van der Waals surface area contributed by atoms with Gasteiger partial charge in [-0.05, 0) is 29.8 Å². The van der Waals surface area contributed by atoms with Gasteiger partial charge in [0.2, 0.25) is 5.91 Å². The number of rotatable bonds is 7. The molecule has 3 aromatic rings. The molecule has 3 aromatic carbocycles. The van der Waals surface area contributed by atoms with Gasteiger partial charge in [-0.3, -0.25) is 29.8 Å². The van der Waals surface area contributed by atoms with Crippen LogP contribution in [0.3, 0.4) is 0 Å². The van der Waals surface area contributed by atoms with E-state index in [1.54, 1.807) is 18.2 Å². The molecule has 2 N–H and O–H groups in total. The number of carbonyl (C=O) groups excluding carboxylic acids is 2. The molecule has 0 aliphatic carbocycles. The number of anilines is 2. The van der Waals surface area contributed by atoms with Crippen molar-refractivity contribution in [2.45, 2.75) is 6.42 Å². The molecule has 0 aliphatic heterocycles. The maximum atomic E-state index is 12.5. The van der Waals surface area contributed by atoms with Crippen LogP contribution in [-0.2, 0) is 11.2 Å². The summed E-state index contributed by atoms with van der Waals surface area (Å²) in [5.41, 5.74) is 0.0570. The summed E-state index contributed by atoms with van der Waals surface area (Å²) in [6, 6.07) is 18.2. The van der Waals surface area contributed by atoms with Crippen LogP contribution >= 0.6 is 0 Å². The minimum Gasteiger partial charge on any atom is -0.326 e. The van der Waals surface area contributed by atoms with Crippen LogP contribution in [-0.4, -0.2) is 21.7 Å². The van der Waals surface area contributed by atoms with Crippen molar-refractivity contribution in [2.24, 2.45) is 0 Å². The zero-order valence-corrected chi connectivity index (χ0v) is 16.0. The van der Waals surface area contributed by atoms with Gasteiger partial charge in [0.05, 0.1) is 22.3 Å². The first kappa shape index (κ1) is 21.1. The fourth-order valence-corrected chi connectivity index (χ4v) is 2.84. The van der Waals surface area contributed by atoms with E-state index in [1.165, 1.54) is 6.07 Å². The van der Waals surface area contributed by atoms with Gasteiger partial charge in [0.15, 0.2) is 0 Å². The minimum atomic E-state index is -0.859. The summed E-state index contributed by atoms with van der Waals surface area (Å²) in [4.78, 5) is 45.2. The topological polar surface area (TPSA) is 144 Å². The zero-order chi connectivity index (χ0) is 22.4. The van der Waals surface area contributed by atoms with Crippen LogP contribution in [0, 0.1) is 20.2 Å². The molecule has 31 heavy (non-hydrogen) atoms. The predicted octanol–water partition coefficient (Wildman–Crippen LogP) is 3.94.